The summed E-state index contributed by atoms with van der Waals surface area (Å²) in [6.45, 7) is 3.86. The van der Waals surface area contributed by atoms with E-state index in [9.17, 15) is 4.79 Å². The maximum Gasteiger partial charge on any atom is 0.232 e. The van der Waals surface area contributed by atoms with Crippen molar-refractivity contribution in [2.75, 3.05) is 11.9 Å². The largest absolute Gasteiger partial charge is 0.329 e. The number of amides is 1. The Balaban J connectivity index is 2.61. The Morgan fingerprint density at radius 1 is 1.77 bits per heavy atom. The van der Waals surface area contributed by atoms with Gasteiger partial charge in [0, 0.05) is 6.54 Å². The van der Waals surface area contributed by atoms with Crippen molar-refractivity contribution in [3.63, 3.8) is 0 Å². The number of rotatable bonds is 3. The minimum Gasteiger partial charge on any atom is -0.329 e. The molecule has 5 nitrogen and oxygen atoms in total. The van der Waals surface area contributed by atoms with E-state index in [0.29, 0.717) is 12.4 Å². The van der Waals surface area contributed by atoms with Gasteiger partial charge in [0.25, 0.3) is 0 Å². The van der Waals surface area contributed by atoms with Crippen LogP contribution in [0.3, 0.4) is 0 Å². The monoisotopic (exact) mass is 200 g/mol. The fourth-order valence-corrected chi connectivity index (χ4v) is 0.985. The molecule has 1 aromatic heterocycles. The van der Waals surface area contributed by atoms with E-state index >= 15 is 0 Å². The van der Waals surface area contributed by atoms with E-state index < -0.39 is 5.41 Å². The average molecular weight is 200 g/mol. The summed E-state index contributed by atoms with van der Waals surface area (Å²) in [7, 11) is 0. The average Bonchev–Trinajstić information content (AvgIpc) is 2.57. The van der Waals surface area contributed by atoms with Crippen LogP contribution in [0.5, 0.6) is 0 Å². The summed E-state index contributed by atoms with van der Waals surface area (Å²) in [5.41, 5.74) is 4.88. The number of hydrogen-bond acceptors (Lipinski definition) is 5. The molecule has 0 bridgehead atoms. The van der Waals surface area contributed by atoms with Crippen molar-refractivity contribution >= 4 is 23.3 Å². The van der Waals surface area contributed by atoms with Crippen LogP contribution in [0.1, 0.15) is 13.8 Å². The number of hydrogen-bond donors (Lipinski definition) is 2. The fraction of sp³-hybridized carbons (Fsp3) is 0.571. The molecule has 0 aliphatic rings. The van der Waals surface area contributed by atoms with Crippen LogP contribution in [-0.4, -0.2) is 22.0 Å². The van der Waals surface area contributed by atoms with Crippen molar-refractivity contribution in [3.05, 3.63) is 5.38 Å². The molecule has 1 rings (SSSR count). The molecule has 0 unspecified atom stereocenters. The lowest BCUT2D eigenvalue weighted by molar-refractivity contribution is -0.123. The molecule has 6 heteroatoms. The highest BCUT2D eigenvalue weighted by Crippen LogP contribution is 2.15. The minimum absolute atomic E-state index is 0.136. The predicted octanol–water partition coefficient (Wildman–Crippen LogP) is 0.461. The van der Waals surface area contributed by atoms with E-state index in [1.54, 1.807) is 19.2 Å². The molecule has 3 N–H and O–H groups in total. The second-order valence-corrected chi connectivity index (χ2v) is 3.94. The normalized spacial score (nSPS) is 11.3. The molecular formula is C7H12N4OS. The van der Waals surface area contributed by atoms with Crippen molar-refractivity contribution in [1.82, 2.24) is 9.59 Å². The molecule has 0 fully saturated rings. The van der Waals surface area contributed by atoms with Gasteiger partial charge in [0.15, 0.2) is 5.82 Å². The van der Waals surface area contributed by atoms with Crippen molar-refractivity contribution in [1.29, 1.82) is 0 Å². The zero-order chi connectivity index (χ0) is 9.90. The van der Waals surface area contributed by atoms with Crippen molar-refractivity contribution in [2.45, 2.75) is 13.8 Å². The molecule has 0 aliphatic carbocycles. The highest BCUT2D eigenvalue weighted by molar-refractivity contribution is 7.03. The van der Waals surface area contributed by atoms with E-state index in [4.69, 9.17) is 5.73 Å². The minimum atomic E-state index is -0.566. The van der Waals surface area contributed by atoms with Crippen molar-refractivity contribution in [2.24, 2.45) is 11.1 Å². The quantitative estimate of drug-likeness (QED) is 0.742. The summed E-state index contributed by atoms with van der Waals surface area (Å²) in [5, 5.41) is 8.00. The van der Waals surface area contributed by atoms with E-state index in [-0.39, 0.29) is 5.91 Å². The van der Waals surface area contributed by atoms with E-state index in [1.165, 1.54) is 11.5 Å². The SMILES string of the molecule is CC(C)(CN)C(=O)Nc1csnn1. The molecular weight excluding hydrogens is 188 g/mol. The van der Waals surface area contributed by atoms with Gasteiger partial charge in [-0.25, -0.2) is 0 Å². The maximum absolute atomic E-state index is 11.5. The molecule has 0 aromatic carbocycles. The third kappa shape index (κ3) is 2.46. The van der Waals surface area contributed by atoms with Crippen molar-refractivity contribution in [3.8, 4) is 0 Å². The Morgan fingerprint density at radius 3 is 2.92 bits per heavy atom. The molecule has 1 amide bonds. The number of carbonyl (C=O) groups is 1. The first-order valence-corrected chi connectivity index (χ1v) is 4.68. The molecule has 0 atom stereocenters. The van der Waals surface area contributed by atoms with Gasteiger partial charge < -0.3 is 11.1 Å². The molecule has 13 heavy (non-hydrogen) atoms. The first kappa shape index (κ1) is 10.1. The summed E-state index contributed by atoms with van der Waals surface area (Å²) < 4.78 is 3.63. The van der Waals surface area contributed by atoms with E-state index in [0.717, 1.165) is 0 Å². The molecule has 1 aromatic rings. The summed E-state index contributed by atoms with van der Waals surface area (Å²) in [4.78, 5) is 11.5. The number of nitrogens with one attached hydrogen (secondary N) is 1. The zero-order valence-corrected chi connectivity index (χ0v) is 8.39. The van der Waals surface area contributed by atoms with Crippen molar-refractivity contribution < 1.29 is 4.79 Å². The van der Waals surface area contributed by atoms with Crippen LogP contribution in [0, 0.1) is 5.41 Å². The standard InChI is InChI=1S/C7H12N4OS/c1-7(2,4-8)6(12)9-5-3-13-11-10-5/h3H,4,8H2,1-2H3,(H,9,12). The van der Waals surface area contributed by atoms with E-state index in [2.05, 4.69) is 14.9 Å². The summed E-state index contributed by atoms with van der Waals surface area (Å²) in [6, 6.07) is 0. The van der Waals surface area contributed by atoms with Gasteiger partial charge in [-0.05, 0) is 25.4 Å². The van der Waals surface area contributed by atoms with Crippen LogP contribution in [0.2, 0.25) is 0 Å². The Morgan fingerprint density at radius 2 is 2.46 bits per heavy atom. The third-order valence-electron chi connectivity index (χ3n) is 1.73. The number of anilines is 1. The van der Waals surface area contributed by atoms with Gasteiger partial charge in [-0.2, -0.15) is 0 Å². The maximum atomic E-state index is 11.5. The van der Waals surface area contributed by atoms with Gasteiger partial charge >= 0.3 is 0 Å². The van der Waals surface area contributed by atoms with Gasteiger partial charge in [-0.1, -0.05) is 4.49 Å². The number of nitrogens with zero attached hydrogens (tertiary/aromatic N) is 2. The zero-order valence-electron chi connectivity index (χ0n) is 7.57. The lowest BCUT2D eigenvalue weighted by Crippen LogP contribution is -2.37. The molecule has 0 saturated heterocycles. The van der Waals surface area contributed by atoms with Gasteiger partial charge in [0.05, 0.1) is 10.8 Å². The first-order valence-electron chi connectivity index (χ1n) is 3.85. The Bertz CT molecular complexity index is 283. The van der Waals surface area contributed by atoms with Crippen LogP contribution in [0.15, 0.2) is 5.38 Å². The van der Waals surface area contributed by atoms with Gasteiger partial charge in [-0.15, -0.1) is 5.10 Å². The lowest BCUT2D eigenvalue weighted by atomic mass is 9.93. The summed E-state index contributed by atoms with van der Waals surface area (Å²) in [6.07, 6.45) is 0. The molecule has 0 radical (unpaired) electrons. The molecule has 0 aliphatic heterocycles. The van der Waals surface area contributed by atoms with Crippen LogP contribution < -0.4 is 11.1 Å². The Kier molecular flexibility index (Phi) is 2.94. The number of nitrogens with two attached hydrogens (primary N) is 1. The molecule has 72 valence electrons. The van der Waals surface area contributed by atoms with Crippen LogP contribution in [0.25, 0.3) is 0 Å². The second-order valence-electron chi connectivity index (χ2n) is 3.33. The lowest BCUT2D eigenvalue weighted by Gasteiger charge is -2.19. The third-order valence-corrected chi connectivity index (χ3v) is 2.23. The smallest absolute Gasteiger partial charge is 0.232 e. The van der Waals surface area contributed by atoms with Gasteiger partial charge in [0.1, 0.15) is 0 Å². The molecule has 1 heterocycles. The topological polar surface area (TPSA) is 80.9 Å². The number of carbonyl (C=O) groups excluding carboxylic acids is 1. The Labute approximate surface area is 80.5 Å². The second kappa shape index (κ2) is 3.80. The van der Waals surface area contributed by atoms with Gasteiger partial charge in [0.2, 0.25) is 5.91 Å². The highest BCUT2D eigenvalue weighted by atomic mass is 32.1. The first-order chi connectivity index (χ1) is 6.06. The van der Waals surface area contributed by atoms with Crippen LogP contribution in [0.4, 0.5) is 5.82 Å². The fourth-order valence-electron chi connectivity index (χ4n) is 0.597. The Hall–Kier alpha value is -1.01. The van der Waals surface area contributed by atoms with Crippen LogP contribution >= 0.6 is 11.5 Å². The number of aromatic nitrogens is 2. The summed E-state index contributed by atoms with van der Waals surface area (Å²) in [5.74, 6) is 0.347. The van der Waals surface area contributed by atoms with E-state index in [1.807, 2.05) is 0 Å². The molecule has 0 saturated carbocycles. The summed E-state index contributed by atoms with van der Waals surface area (Å²) >= 11 is 1.19. The van der Waals surface area contributed by atoms with Gasteiger partial charge in [-0.3, -0.25) is 4.79 Å². The predicted molar refractivity (Wildman–Crippen MR) is 51.4 cm³/mol. The highest BCUT2D eigenvalue weighted by Gasteiger charge is 2.26. The molecule has 0 spiro atoms. The van der Waals surface area contributed by atoms with Crippen LogP contribution in [-0.2, 0) is 4.79 Å².